The quantitative estimate of drug-likeness (QED) is 0.533. The van der Waals surface area contributed by atoms with Gasteiger partial charge in [0, 0.05) is 44.2 Å². The molecule has 0 radical (unpaired) electrons. The molecule has 9 nitrogen and oxygen atoms in total. The number of rotatable bonds is 8. The van der Waals surface area contributed by atoms with Gasteiger partial charge in [-0.25, -0.2) is 4.98 Å². The molecule has 27 heavy (non-hydrogen) atoms. The van der Waals surface area contributed by atoms with Gasteiger partial charge in [-0.05, 0) is 38.9 Å². The van der Waals surface area contributed by atoms with E-state index < -0.39 is 0 Å². The number of nitrogens with one attached hydrogen (secondary N) is 4. The van der Waals surface area contributed by atoms with Crippen molar-refractivity contribution in [3.8, 4) is 0 Å². The number of nitrogens with zero attached hydrogens (tertiary/aromatic N) is 3. The van der Waals surface area contributed by atoms with Gasteiger partial charge in [0.05, 0.1) is 0 Å². The van der Waals surface area contributed by atoms with E-state index >= 15 is 0 Å². The van der Waals surface area contributed by atoms with E-state index in [9.17, 15) is 9.59 Å². The average molecular weight is 373 g/mol. The number of likely N-dealkylation sites (tertiary alicyclic amines) is 1. The third-order valence-corrected chi connectivity index (χ3v) is 5.06. The van der Waals surface area contributed by atoms with Crippen LogP contribution in [0.3, 0.4) is 0 Å². The van der Waals surface area contributed by atoms with E-state index in [1.54, 1.807) is 18.3 Å². The Morgan fingerprint density at radius 1 is 1.30 bits per heavy atom. The molecule has 1 aliphatic rings. The van der Waals surface area contributed by atoms with Crippen LogP contribution >= 0.6 is 0 Å². The number of likely N-dealkylation sites (N-methyl/N-ethyl adjacent to an activating group) is 1. The first-order valence-corrected chi connectivity index (χ1v) is 9.31. The lowest BCUT2D eigenvalue weighted by Crippen LogP contribution is -2.42. The molecule has 3 rings (SSSR count). The summed E-state index contributed by atoms with van der Waals surface area (Å²) in [6.07, 6.45) is 4.73. The lowest BCUT2D eigenvalue weighted by atomic mass is 10.1. The molecular weight excluding hydrogens is 346 g/mol. The van der Waals surface area contributed by atoms with E-state index in [2.05, 4.69) is 35.7 Å². The predicted octanol–water partition coefficient (Wildman–Crippen LogP) is 0.383. The fourth-order valence-electron chi connectivity index (χ4n) is 3.46. The minimum atomic E-state index is -0.100. The maximum absolute atomic E-state index is 12.2. The minimum Gasteiger partial charge on any atom is -0.357 e. The number of H-pyrrole nitrogens is 2. The highest BCUT2D eigenvalue weighted by atomic mass is 16.2. The molecule has 146 valence electrons. The Morgan fingerprint density at radius 2 is 2.11 bits per heavy atom. The zero-order valence-electron chi connectivity index (χ0n) is 15.8. The summed E-state index contributed by atoms with van der Waals surface area (Å²) in [4.78, 5) is 33.6. The van der Waals surface area contributed by atoms with Crippen molar-refractivity contribution < 1.29 is 9.59 Å². The normalized spacial score (nSPS) is 19.9. The van der Waals surface area contributed by atoms with Crippen molar-refractivity contribution in [1.82, 2.24) is 35.7 Å². The van der Waals surface area contributed by atoms with Gasteiger partial charge in [0.15, 0.2) is 5.82 Å². The van der Waals surface area contributed by atoms with Crippen LogP contribution in [0.4, 0.5) is 0 Å². The van der Waals surface area contributed by atoms with Crippen molar-refractivity contribution >= 4 is 11.8 Å². The standard InChI is InChI=1S/C18H27N7O2/c1-12-22-16(24-23-12)7-9-20-17(26)10-13-5-6-14(25(13)2)11-21-18(27)15-4-3-8-19-15/h3-4,8,13-14,19H,5-7,9-11H2,1-2H3,(H,20,26)(H,21,27)(H,22,23,24)/t13-,14+/m1/s1. The number of amides is 2. The molecule has 9 heteroatoms. The van der Waals surface area contributed by atoms with Crippen molar-refractivity contribution in [1.29, 1.82) is 0 Å². The van der Waals surface area contributed by atoms with Gasteiger partial charge < -0.3 is 15.6 Å². The van der Waals surface area contributed by atoms with Crippen LogP contribution in [0.1, 0.15) is 41.4 Å². The Kier molecular flexibility index (Phi) is 6.23. The van der Waals surface area contributed by atoms with Gasteiger partial charge in [-0.3, -0.25) is 19.6 Å². The fourth-order valence-corrected chi connectivity index (χ4v) is 3.46. The van der Waals surface area contributed by atoms with Gasteiger partial charge in [0.2, 0.25) is 5.91 Å². The lowest BCUT2D eigenvalue weighted by Gasteiger charge is -2.25. The molecule has 2 amide bonds. The number of carbonyl (C=O) groups is 2. The molecule has 1 fully saturated rings. The van der Waals surface area contributed by atoms with Crippen LogP contribution in [-0.2, 0) is 11.2 Å². The highest BCUT2D eigenvalue weighted by molar-refractivity contribution is 5.92. The van der Waals surface area contributed by atoms with Crippen molar-refractivity contribution in [2.24, 2.45) is 0 Å². The van der Waals surface area contributed by atoms with Crippen LogP contribution in [0, 0.1) is 6.92 Å². The average Bonchev–Trinajstić information content (AvgIpc) is 3.37. The summed E-state index contributed by atoms with van der Waals surface area (Å²) in [5, 5.41) is 12.7. The molecular formula is C18H27N7O2. The molecule has 1 aliphatic heterocycles. The van der Waals surface area contributed by atoms with E-state index in [1.165, 1.54) is 0 Å². The Hall–Kier alpha value is -2.68. The molecule has 0 bridgehead atoms. The number of hydrogen-bond donors (Lipinski definition) is 4. The summed E-state index contributed by atoms with van der Waals surface area (Å²) in [5.74, 6) is 1.42. The van der Waals surface area contributed by atoms with E-state index in [4.69, 9.17) is 0 Å². The second kappa shape index (κ2) is 8.81. The molecule has 0 aliphatic carbocycles. The Balaban J connectivity index is 1.37. The summed E-state index contributed by atoms with van der Waals surface area (Å²) in [6.45, 7) is 2.96. The second-order valence-electron chi connectivity index (χ2n) is 6.99. The topological polar surface area (TPSA) is 119 Å². The number of aromatic amines is 2. The Bertz CT molecular complexity index is 756. The highest BCUT2D eigenvalue weighted by Crippen LogP contribution is 2.24. The van der Waals surface area contributed by atoms with Crippen molar-refractivity contribution in [3.63, 3.8) is 0 Å². The maximum Gasteiger partial charge on any atom is 0.267 e. The number of aryl methyl sites for hydroxylation is 1. The van der Waals surface area contributed by atoms with Crippen molar-refractivity contribution in [3.05, 3.63) is 35.7 Å². The summed E-state index contributed by atoms with van der Waals surface area (Å²) >= 11 is 0. The van der Waals surface area contributed by atoms with Crippen LogP contribution in [0.5, 0.6) is 0 Å². The third kappa shape index (κ3) is 5.16. The molecule has 0 unspecified atom stereocenters. The van der Waals surface area contributed by atoms with E-state index in [1.807, 2.05) is 14.0 Å². The van der Waals surface area contributed by atoms with Crippen LogP contribution in [0.25, 0.3) is 0 Å². The molecule has 2 aromatic rings. The minimum absolute atomic E-state index is 0.0372. The van der Waals surface area contributed by atoms with E-state index in [0.29, 0.717) is 37.4 Å². The summed E-state index contributed by atoms with van der Waals surface area (Å²) in [7, 11) is 2.02. The predicted molar refractivity (Wildman–Crippen MR) is 100 cm³/mol. The Morgan fingerprint density at radius 3 is 2.81 bits per heavy atom. The first kappa shape index (κ1) is 19.1. The van der Waals surface area contributed by atoms with E-state index in [-0.39, 0.29) is 23.9 Å². The number of hydrogen-bond acceptors (Lipinski definition) is 5. The summed E-state index contributed by atoms with van der Waals surface area (Å²) in [5.41, 5.74) is 0.563. The zero-order chi connectivity index (χ0) is 19.2. The van der Waals surface area contributed by atoms with Crippen LogP contribution in [-0.4, -0.2) is 69.1 Å². The first-order valence-electron chi connectivity index (χ1n) is 9.31. The highest BCUT2D eigenvalue weighted by Gasteiger charge is 2.31. The van der Waals surface area contributed by atoms with Gasteiger partial charge in [-0.2, -0.15) is 5.10 Å². The third-order valence-electron chi connectivity index (χ3n) is 5.06. The molecule has 0 aromatic carbocycles. The van der Waals surface area contributed by atoms with E-state index in [0.717, 1.165) is 18.7 Å². The van der Waals surface area contributed by atoms with Crippen LogP contribution in [0.15, 0.2) is 18.3 Å². The van der Waals surface area contributed by atoms with Gasteiger partial charge in [-0.15, -0.1) is 0 Å². The smallest absolute Gasteiger partial charge is 0.267 e. The van der Waals surface area contributed by atoms with Gasteiger partial charge in [-0.1, -0.05) is 0 Å². The van der Waals surface area contributed by atoms with Gasteiger partial charge >= 0.3 is 0 Å². The zero-order valence-corrected chi connectivity index (χ0v) is 15.8. The molecule has 1 saturated heterocycles. The molecule has 4 N–H and O–H groups in total. The number of aromatic nitrogens is 4. The van der Waals surface area contributed by atoms with Gasteiger partial charge in [0.25, 0.3) is 5.91 Å². The summed E-state index contributed by atoms with van der Waals surface area (Å²) in [6, 6.07) is 4.00. The monoisotopic (exact) mass is 373 g/mol. The number of carbonyl (C=O) groups excluding carboxylic acids is 2. The van der Waals surface area contributed by atoms with Crippen LogP contribution < -0.4 is 10.6 Å². The van der Waals surface area contributed by atoms with Gasteiger partial charge in [0.1, 0.15) is 11.5 Å². The van der Waals surface area contributed by atoms with Crippen LogP contribution in [0.2, 0.25) is 0 Å². The fraction of sp³-hybridized carbons (Fsp3) is 0.556. The molecule has 0 spiro atoms. The molecule has 3 heterocycles. The Labute approximate surface area is 158 Å². The molecule has 2 aromatic heterocycles. The first-order chi connectivity index (χ1) is 13.0. The molecule has 0 saturated carbocycles. The lowest BCUT2D eigenvalue weighted by molar-refractivity contribution is -0.122. The molecule has 2 atom stereocenters. The van der Waals surface area contributed by atoms with Crippen molar-refractivity contribution in [2.75, 3.05) is 20.1 Å². The SMILES string of the molecule is Cc1nc(CCNC(=O)C[C@H]2CC[C@@H](CNC(=O)c3ccc[nH]3)N2C)n[nH]1. The largest absolute Gasteiger partial charge is 0.357 e. The van der Waals surface area contributed by atoms with Crippen molar-refractivity contribution in [2.45, 2.75) is 44.7 Å². The second-order valence-corrected chi connectivity index (χ2v) is 6.99. The maximum atomic E-state index is 12.2. The summed E-state index contributed by atoms with van der Waals surface area (Å²) < 4.78 is 0.